The van der Waals surface area contributed by atoms with E-state index in [1.807, 2.05) is 18.2 Å². The van der Waals surface area contributed by atoms with Crippen LogP contribution in [-0.4, -0.2) is 30.3 Å². The number of ether oxygens (including phenoxy) is 2. The summed E-state index contributed by atoms with van der Waals surface area (Å²) in [6.07, 6.45) is 2.48. The number of anilines is 1. The number of rotatable bonds is 5. The minimum atomic E-state index is -0.255. The Balaban J connectivity index is 2.16. The fraction of sp³-hybridized carbons (Fsp3) is 0.294. The number of methoxy groups -OCH3 is 2. The van der Waals surface area contributed by atoms with Gasteiger partial charge in [0.25, 0.3) is 0 Å². The van der Waals surface area contributed by atoms with Gasteiger partial charge in [0.05, 0.1) is 19.9 Å². The van der Waals surface area contributed by atoms with E-state index in [1.54, 1.807) is 24.9 Å². The number of aromatic nitrogens is 2. The molecule has 6 nitrogen and oxygen atoms in total. The monoisotopic (exact) mass is 313 g/mol. The van der Waals surface area contributed by atoms with E-state index in [0.29, 0.717) is 30.4 Å². The predicted molar refractivity (Wildman–Crippen MR) is 89.4 cm³/mol. The zero-order chi connectivity index (χ0) is 16.4. The van der Waals surface area contributed by atoms with E-state index in [-0.39, 0.29) is 5.69 Å². The summed E-state index contributed by atoms with van der Waals surface area (Å²) >= 11 is 0. The molecule has 0 atom stereocenters. The first-order valence-electron chi connectivity index (χ1n) is 7.40. The molecule has 2 heterocycles. The van der Waals surface area contributed by atoms with Crippen molar-refractivity contribution in [2.24, 2.45) is 0 Å². The maximum Gasteiger partial charge on any atom is 0.349 e. The summed E-state index contributed by atoms with van der Waals surface area (Å²) in [6.45, 7) is 4.81. The van der Waals surface area contributed by atoms with E-state index in [9.17, 15) is 4.79 Å². The number of nitrogens with zero attached hydrogens (tertiary/aromatic N) is 2. The second-order valence-electron chi connectivity index (χ2n) is 5.24. The molecule has 3 rings (SSSR count). The molecule has 0 fully saturated rings. The Morgan fingerprint density at radius 1 is 1.30 bits per heavy atom. The fourth-order valence-corrected chi connectivity index (χ4v) is 2.81. The maximum atomic E-state index is 12.3. The van der Waals surface area contributed by atoms with Crippen LogP contribution in [0.1, 0.15) is 5.56 Å². The largest absolute Gasteiger partial charge is 0.493 e. The van der Waals surface area contributed by atoms with Gasteiger partial charge in [-0.05, 0) is 24.1 Å². The molecule has 0 saturated carbocycles. The lowest BCUT2D eigenvalue weighted by Gasteiger charge is -2.23. The minimum absolute atomic E-state index is 0.255. The molecule has 0 spiro atoms. The summed E-state index contributed by atoms with van der Waals surface area (Å²) in [4.78, 5) is 16.3. The second kappa shape index (κ2) is 6.16. The molecule has 0 saturated heterocycles. The van der Waals surface area contributed by atoms with Crippen molar-refractivity contribution in [2.45, 2.75) is 13.0 Å². The zero-order valence-corrected chi connectivity index (χ0v) is 13.3. The molecule has 0 amide bonds. The van der Waals surface area contributed by atoms with Gasteiger partial charge in [-0.25, -0.2) is 4.79 Å². The van der Waals surface area contributed by atoms with Gasteiger partial charge in [-0.2, -0.15) is 4.98 Å². The zero-order valence-electron chi connectivity index (χ0n) is 13.3. The third kappa shape index (κ3) is 2.67. The Morgan fingerprint density at radius 3 is 2.74 bits per heavy atom. The van der Waals surface area contributed by atoms with Crippen molar-refractivity contribution < 1.29 is 9.47 Å². The molecular weight excluding hydrogens is 294 g/mol. The molecular formula is C17H19N3O3. The summed E-state index contributed by atoms with van der Waals surface area (Å²) in [7, 11) is 3.22. The Hall–Kier alpha value is -2.76. The molecule has 1 aromatic carbocycles. The van der Waals surface area contributed by atoms with Gasteiger partial charge < -0.3 is 14.8 Å². The van der Waals surface area contributed by atoms with Crippen molar-refractivity contribution in [1.82, 2.24) is 9.55 Å². The van der Waals surface area contributed by atoms with Crippen molar-refractivity contribution in [3.8, 4) is 22.8 Å². The third-order valence-corrected chi connectivity index (χ3v) is 3.93. The molecule has 120 valence electrons. The molecule has 6 heteroatoms. The molecule has 23 heavy (non-hydrogen) atoms. The summed E-state index contributed by atoms with van der Waals surface area (Å²) in [6, 6.07) is 5.77. The van der Waals surface area contributed by atoms with E-state index in [1.165, 1.54) is 0 Å². The maximum absolute atomic E-state index is 12.3. The smallest absolute Gasteiger partial charge is 0.349 e. The highest BCUT2D eigenvalue weighted by atomic mass is 16.5. The van der Waals surface area contributed by atoms with Crippen LogP contribution in [0.5, 0.6) is 11.5 Å². The lowest BCUT2D eigenvalue weighted by atomic mass is 9.97. The van der Waals surface area contributed by atoms with E-state index < -0.39 is 0 Å². The fourth-order valence-electron chi connectivity index (χ4n) is 2.81. The van der Waals surface area contributed by atoms with Crippen LogP contribution < -0.4 is 20.5 Å². The molecule has 1 aliphatic rings. The first kappa shape index (κ1) is 15.1. The molecule has 0 bridgehead atoms. The lowest BCUT2D eigenvalue weighted by Crippen LogP contribution is -2.29. The highest BCUT2D eigenvalue weighted by Gasteiger charge is 2.21. The van der Waals surface area contributed by atoms with Crippen molar-refractivity contribution in [1.29, 1.82) is 0 Å². The van der Waals surface area contributed by atoms with Gasteiger partial charge in [0.15, 0.2) is 11.5 Å². The van der Waals surface area contributed by atoms with Crippen LogP contribution in [0.15, 0.2) is 35.6 Å². The predicted octanol–water partition coefficient (Wildman–Crippen LogP) is 2.08. The number of fused-ring (bicyclic) bond motifs is 3. The first-order chi connectivity index (χ1) is 11.2. The van der Waals surface area contributed by atoms with E-state index in [0.717, 1.165) is 23.2 Å². The van der Waals surface area contributed by atoms with Gasteiger partial charge in [-0.15, -0.1) is 6.58 Å². The normalized spacial score (nSPS) is 12.1. The molecule has 1 aromatic heterocycles. The summed E-state index contributed by atoms with van der Waals surface area (Å²) < 4.78 is 12.4. The van der Waals surface area contributed by atoms with Crippen LogP contribution in [-0.2, 0) is 13.0 Å². The van der Waals surface area contributed by atoms with Crippen LogP contribution in [0.2, 0.25) is 0 Å². The van der Waals surface area contributed by atoms with Crippen LogP contribution >= 0.6 is 0 Å². The topological polar surface area (TPSA) is 65.4 Å². The summed E-state index contributed by atoms with van der Waals surface area (Å²) in [5.41, 5.74) is 2.67. The molecule has 1 aliphatic heterocycles. The van der Waals surface area contributed by atoms with Crippen molar-refractivity contribution in [3.05, 3.63) is 46.9 Å². The average molecular weight is 313 g/mol. The number of hydrogen-bond donors (Lipinski definition) is 1. The van der Waals surface area contributed by atoms with Gasteiger partial charge in [0, 0.05) is 24.7 Å². The standard InChI is InChI=1S/C17H19N3O3/c1-4-6-18-16-10-13-12-9-15(23-3)14(22-2)8-11(12)5-7-20(13)17(21)19-16/h4,8-10H,1,5-7H2,2-3H3,(H,18,19,21). The Labute approximate surface area is 134 Å². The van der Waals surface area contributed by atoms with E-state index >= 15 is 0 Å². The van der Waals surface area contributed by atoms with Gasteiger partial charge in [0.2, 0.25) is 0 Å². The Kier molecular flexibility index (Phi) is 4.06. The molecule has 0 unspecified atom stereocenters. The van der Waals surface area contributed by atoms with E-state index in [4.69, 9.17) is 9.47 Å². The van der Waals surface area contributed by atoms with Crippen LogP contribution in [0.3, 0.4) is 0 Å². The van der Waals surface area contributed by atoms with Crippen LogP contribution in [0, 0.1) is 0 Å². The average Bonchev–Trinajstić information content (AvgIpc) is 2.58. The number of hydrogen-bond acceptors (Lipinski definition) is 5. The quantitative estimate of drug-likeness (QED) is 0.856. The van der Waals surface area contributed by atoms with Crippen molar-refractivity contribution in [2.75, 3.05) is 26.1 Å². The van der Waals surface area contributed by atoms with Crippen molar-refractivity contribution in [3.63, 3.8) is 0 Å². The minimum Gasteiger partial charge on any atom is -0.493 e. The number of benzene rings is 1. The second-order valence-corrected chi connectivity index (χ2v) is 5.24. The first-order valence-corrected chi connectivity index (χ1v) is 7.40. The SMILES string of the molecule is C=CCNc1cc2n(c(=O)n1)CCc1cc(OC)c(OC)cc1-2. The molecule has 0 aliphatic carbocycles. The lowest BCUT2D eigenvalue weighted by molar-refractivity contribution is 0.354. The molecule has 1 N–H and O–H groups in total. The van der Waals surface area contributed by atoms with Crippen LogP contribution in [0.4, 0.5) is 5.82 Å². The number of nitrogens with one attached hydrogen (secondary N) is 1. The summed E-state index contributed by atoms with van der Waals surface area (Å²) in [5, 5.41) is 3.07. The third-order valence-electron chi connectivity index (χ3n) is 3.93. The van der Waals surface area contributed by atoms with E-state index in [2.05, 4.69) is 16.9 Å². The Morgan fingerprint density at radius 2 is 2.04 bits per heavy atom. The highest BCUT2D eigenvalue weighted by molar-refractivity contribution is 5.71. The number of aryl methyl sites for hydroxylation is 1. The molecule has 2 aromatic rings. The van der Waals surface area contributed by atoms with Gasteiger partial charge in [0.1, 0.15) is 5.82 Å². The van der Waals surface area contributed by atoms with Crippen molar-refractivity contribution >= 4 is 5.82 Å². The molecule has 0 radical (unpaired) electrons. The van der Waals surface area contributed by atoms with Crippen LogP contribution in [0.25, 0.3) is 11.3 Å². The van der Waals surface area contributed by atoms with Gasteiger partial charge >= 0.3 is 5.69 Å². The summed E-state index contributed by atoms with van der Waals surface area (Å²) in [5.74, 6) is 1.88. The van der Waals surface area contributed by atoms with Gasteiger partial charge in [-0.3, -0.25) is 4.57 Å². The van der Waals surface area contributed by atoms with Gasteiger partial charge in [-0.1, -0.05) is 6.08 Å². The highest BCUT2D eigenvalue weighted by Crippen LogP contribution is 2.38. The Bertz CT molecular complexity index is 811.